The van der Waals surface area contributed by atoms with Crippen molar-refractivity contribution in [3.05, 3.63) is 0 Å². The van der Waals surface area contributed by atoms with Crippen LogP contribution in [0.5, 0.6) is 0 Å². The Balaban J connectivity index is 2.08. The summed E-state index contributed by atoms with van der Waals surface area (Å²) < 4.78 is 4.99. The van der Waals surface area contributed by atoms with Gasteiger partial charge in [0.05, 0.1) is 6.61 Å². The van der Waals surface area contributed by atoms with Crippen LogP contribution >= 0.6 is 0 Å². The van der Waals surface area contributed by atoms with E-state index in [-0.39, 0.29) is 18.2 Å². The molecule has 1 rings (SSSR count). The largest absolute Gasteiger partial charge is 0.450 e. The Morgan fingerprint density at radius 3 is 2.93 bits per heavy atom. The molecule has 0 aromatic heterocycles. The van der Waals surface area contributed by atoms with Crippen molar-refractivity contribution in [2.75, 3.05) is 6.61 Å². The second-order valence-electron chi connectivity index (χ2n) is 3.90. The number of rotatable bonds is 4. The Morgan fingerprint density at radius 2 is 2.36 bits per heavy atom. The lowest BCUT2D eigenvalue weighted by atomic mass is 10.2. The molecular weight excluding hydrogens is 180 g/mol. The molecule has 0 aromatic carbocycles. The van der Waals surface area contributed by atoms with E-state index >= 15 is 0 Å². The van der Waals surface area contributed by atoms with Gasteiger partial charge in [0.1, 0.15) is 0 Å². The number of carbonyl (C=O) groups excluding carboxylic acids is 1. The molecule has 0 radical (unpaired) electrons. The van der Waals surface area contributed by atoms with Gasteiger partial charge in [-0.1, -0.05) is 13.3 Å². The minimum atomic E-state index is -0.294. The van der Waals surface area contributed by atoms with Gasteiger partial charge in [-0.25, -0.2) is 4.79 Å². The molecule has 1 aliphatic rings. The van der Waals surface area contributed by atoms with Gasteiger partial charge in [0.2, 0.25) is 0 Å². The van der Waals surface area contributed by atoms with Crippen molar-refractivity contribution in [2.45, 2.75) is 51.1 Å². The van der Waals surface area contributed by atoms with Gasteiger partial charge in [0.15, 0.2) is 0 Å². The zero-order valence-corrected chi connectivity index (χ0v) is 8.79. The SMILES string of the molecule is CCCCOC(=O)N[C@@H]1CC[C@@H](N)C1. The topological polar surface area (TPSA) is 64.3 Å². The van der Waals surface area contributed by atoms with E-state index in [2.05, 4.69) is 12.2 Å². The van der Waals surface area contributed by atoms with Gasteiger partial charge in [0.25, 0.3) is 0 Å². The summed E-state index contributed by atoms with van der Waals surface area (Å²) >= 11 is 0. The molecule has 0 bridgehead atoms. The number of unbranched alkanes of at least 4 members (excludes halogenated alkanes) is 1. The quantitative estimate of drug-likeness (QED) is 0.674. The summed E-state index contributed by atoms with van der Waals surface area (Å²) in [5.41, 5.74) is 5.73. The standard InChI is InChI=1S/C10H20N2O2/c1-2-3-6-14-10(13)12-9-5-4-8(11)7-9/h8-9H,2-7,11H2,1H3,(H,12,13)/t8-,9-/m1/s1. The zero-order valence-electron chi connectivity index (χ0n) is 8.79. The van der Waals surface area contributed by atoms with E-state index in [9.17, 15) is 4.79 Å². The molecule has 0 spiro atoms. The molecular formula is C10H20N2O2. The maximum atomic E-state index is 11.2. The maximum absolute atomic E-state index is 11.2. The fourth-order valence-corrected chi connectivity index (χ4v) is 1.67. The smallest absolute Gasteiger partial charge is 0.407 e. The van der Waals surface area contributed by atoms with Crippen LogP contribution in [0.25, 0.3) is 0 Å². The third-order valence-electron chi connectivity index (χ3n) is 2.53. The molecule has 1 fully saturated rings. The highest BCUT2D eigenvalue weighted by molar-refractivity contribution is 5.67. The highest BCUT2D eigenvalue weighted by Gasteiger charge is 2.23. The fourth-order valence-electron chi connectivity index (χ4n) is 1.67. The zero-order chi connectivity index (χ0) is 10.4. The molecule has 0 aliphatic heterocycles. The van der Waals surface area contributed by atoms with Crippen molar-refractivity contribution in [1.29, 1.82) is 0 Å². The summed E-state index contributed by atoms with van der Waals surface area (Å²) in [6, 6.07) is 0.468. The van der Waals surface area contributed by atoms with Gasteiger partial charge in [-0.15, -0.1) is 0 Å². The number of carbonyl (C=O) groups is 1. The van der Waals surface area contributed by atoms with E-state index in [4.69, 9.17) is 10.5 Å². The summed E-state index contributed by atoms with van der Waals surface area (Å²) in [5.74, 6) is 0. The molecule has 3 N–H and O–H groups in total. The van der Waals surface area contributed by atoms with Crippen LogP contribution in [0.1, 0.15) is 39.0 Å². The number of nitrogens with two attached hydrogens (primary N) is 1. The van der Waals surface area contributed by atoms with E-state index in [1.165, 1.54) is 0 Å². The number of hydrogen-bond donors (Lipinski definition) is 2. The van der Waals surface area contributed by atoms with Crippen molar-refractivity contribution in [1.82, 2.24) is 5.32 Å². The first-order valence-corrected chi connectivity index (χ1v) is 5.41. The summed E-state index contributed by atoms with van der Waals surface area (Å²) in [5, 5.41) is 2.83. The first kappa shape index (κ1) is 11.3. The van der Waals surface area contributed by atoms with Crippen LogP contribution in [0.4, 0.5) is 4.79 Å². The van der Waals surface area contributed by atoms with E-state index in [1.54, 1.807) is 0 Å². The van der Waals surface area contributed by atoms with Gasteiger partial charge in [0, 0.05) is 12.1 Å². The van der Waals surface area contributed by atoms with Crippen LogP contribution in [0.3, 0.4) is 0 Å². The summed E-state index contributed by atoms with van der Waals surface area (Å²) in [6.07, 6.45) is 4.53. The summed E-state index contributed by atoms with van der Waals surface area (Å²) in [7, 11) is 0. The Hall–Kier alpha value is -0.770. The van der Waals surface area contributed by atoms with Gasteiger partial charge < -0.3 is 15.8 Å². The maximum Gasteiger partial charge on any atom is 0.407 e. The second-order valence-corrected chi connectivity index (χ2v) is 3.90. The van der Waals surface area contributed by atoms with Crippen LogP contribution in [-0.2, 0) is 4.74 Å². The number of ether oxygens (including phenoxy) is 1. The number of hydrogen-bond acceptors (Lipinski definition) is 3. The predicted molar refractivity (Wildman–Crippen MR) is 55.0 cm³/mol. The Labute approximate surface area is 85.2 Å². The highest BCUT2D eigenvalue weighted by Crippen LogP contribution is 2.16. The van der Waals surface area contributed by atoms with Gasteiger partial charge in [-0.3, -0.25) is 0 Å². The summed E-state index contributed by atoms with van der Waals surface area (Å²) in [4.78, 5) is 11.2. The van der Waals surface area contributed by atoms with E-state index < -0.39 is 0 Å². The molecule has 2 atom stereocenters. The molecule has 1 saturated carbocycles. The van der Waals surface area contributed by atoms with Crippen molar-refractivity contribution in [2.24, 2.45) is 5.73 Å². The Kier molecular flexibility index (Phi) is 4.73. The minimum absolute atomic E-state index is 0.221. The van der Waals surface area contributed by atoms with Gasteiger partial charge in [-0.2, -0.15) is 0 Å². The Morgan fingerprint density at radius 1 is 1.57 bits per heavy atom. The number of nitrogens with one attached hydrogen (secondary N) is 1. The first-order chi connectivity index (χ1) is 6.72. The lowest BCUT2D eigenvalue weighted by Crippen LogP contribution is -2.34. The molecule has 0 unspecified atom stereocenters. The highest BCUT2D eigenvalue weighted by atomic mass is 16.5. The molecule has 4 heteroatoms. The lowest BCUT2D eigenvalue weighted by molar-refractivity contribution is 0.140. The van der Waals surface area contributed by atoms with Crippen LogP contribution in [0.2, 0.25) is 0 Å². The van der Waals surface area contributed by atoms with Crippen molar-refractivity contribution in [3.8, 4) is 0 Å². The third kappa shape index (κ3) is 3.96. The normalized spacial score (nSPS) is 26.1. The molecule has 0 aromatic rings. The van der Waals surface area contributed by atoms with Gasteiger partial charge >= 0.3 is 6.09 Å². The van der Waals surface area contributed by atoms with Crippen LogP contribution in [0, 0.1) is 0 Å². The van der Waals surface area contributed by atoms with Crippen molar-refractivity contribution >= 4 is 6.09 Å². The Bertz CT molecular complexity index is 185. The minimum Gasteiger partial charge on any atom is -0.450 e. The molecule has 1 aliphatic carbocycles. The van der Waals surface area contributed by atoms with E-state index in [0.717, 1.165) is 32.1 Å². The predicted octanol–water partition coefficient (Wildman–Crippen LogP) is 1.39. The van der Waals surface area contributed by atoms with Crippen molar-refractivity contribution in [3.63, 3.8) is 0 Å². The monoisotopic (exact) mass is 200 g/mol. The summed E-state index contributed by atoms with van der Waals surface area (Å²) in [6.45, 7) is 2.58. The third-order valence-corrected chi connectivity index (χ3v) is 2.53. The molecule has 0 saturated heterocycles. The van der Waals surface area contributed by atoms with Crippen molar-refractivity contribution < 1.29 is 9.53 Å². The molecule has 14 heavy (non-hydrogen) atoms. The molecule has 82 valence electrons. The molecule has 4 nitrogen and oxygen atoms in total. The average Bonchev–Trinajstić information content (AvgIpc) is 2.52. The van der Waals surface area contributed by atoms with E-state index in [1.807, 2.05) is 0 Å². The average molecular weight is 200 g/mol. The van der Waals surface area contributed by atoms with Crippen LogP contribution in [0.15, 0.2) is 0 Å². The number of alkyl carbamates (subject to hydrolysis) is 1. The molecule has 1 amide bonds. The number of amides is 1. The van der Waals surface area contributed by atoms with Gasteiger partial charge in [-0.05, 0) is 25.7 Å². The first-order valence-electron chi connectivity index (χ1n) is 5.41. The fraction of sp³-hybridized carbons (Fsp3) is 0.900. The van der Waals surface area contributed by atoms with Crippen LogP contribution < -0.4 is 11.1 Å². The lowest BCUT2D eigenvalue weighted by Gasteiger charge is -2.12. The van der Waals surface area contributed by atoms with E-state index in [0.29, 0.717) is 6.61 Å². The van der Waals surface area contributed by atoms with Crippen LogP contribution in [-0.4, -0.2) is 24.8 Å². The molecule has 0 heterocycles. The second kappa shape index (κ2) is 5.86.